The van der Waals surface area contributed by atoms with Crippen LogP contribution in [-0.2, 0) is 0 Å². The Morgan fingerprint density at radius 3 is 2.68 bits per heavy atom. The molecule has 1 spiro atoms. The number of hydrogen-bond acceptors (Lipinski definition) is 7. The van der Waals surface area contributed by atoms with Crippen LogP contribution in [0.5, 0.6) is 0 Å². The average molecular weight is 445 g/mol. The van der Waals surface area contributed by atoms with Crippen molar-refractivity contribution in [2.45, 2.75) is 25.7 Å². The fraction of sp³-hybridized carbons (Fsp3) is 0.455. The number of aromatic nitrogens is 1. The minimum atomic E-state index is -0.424. The van der Waals surface area contributed by atoms with Crippen LogP contribution in [0.2, 0.25) is 0 Å². The monoisotopic (exact) mass is 444 g/mol. The van der Waals surface area contributed by atoms with Gasteiger partial charge in [-0.15, -0.1) is 0 Å². The zero-order chi connectivity index (χ0) is 21.8. The van der Waals surface area contributed by atoms with Gasteiger partial charge in [-0.2, -0.15) is 4.73 Å². The molecular weight excluding hydrogens is 416 g/mol. The van der Waals surface area contributed by atoms with Crippen molar-refractivity contribution in [2.75, 3.05) is 47.5 Å². The van der Waals surface area contributed by atoms with E-state index < -0.39 is 5.56 Å². The first-order chi connectivity index (χ1) is 15.0. The number of benzene rings is 1. The Morgan fingerprint density at radius 2 is 2.00 bits per heavy atom. The van der Waals surface area contributed by atoms with E-state index in [1.165, 1.54) is 38.1 Å². The van der Waals surface area contributed by atoms with Crippen molar-refractivity contribution in [1.82, 2.24) is 4.73 Å². The number of piperidine rings is 1. The Hall–Kier alpha value is -2.65. The van der Waals surface area contributed by atoms with E-state index in [2.05, 4.69) is 14.9 Å². The first-order valence-corrected chi connectivity index (χ1v) is 11.5. The smallest absolute Gasteiger partial charge is 0.306 e. The molecule has 1 aliphatic heterocycles. The third-order valence-electron chi connectivity index (χ3n) is 6.11. The molecule has 0 bridgehead atoms. The van der Waals surface area contributed by atoms with E-state index in [1.54, 1.807) is 18.2 Å². The van der Waals surface area contributed by atoms with Crippen LogP contribution in [0, 0.1) is 5.41 Å². The van der Waals surface area contributed by atoms with E-state index in [9.17, 15) is 9.59 Å². The van der Waals surface area contributed by atoms with Crippen LogP contribution in [0.3, 0.4) is 0 Å². The Morgan fingerprint density at radius 1 is 1.23 bits per heavy atom. The van der Waals surface area contributed by atoms with E-state index >= 15 is 0 Å². The van der Waals surface area contributed by atoms with Crippen molar-refractivity contribution in [2.24, 2.45) is 5.41 Å². The van der Waals surface area contributed by atoms with Gasteiger partial charge in [0.25, 0.3) is 5.91 Å². The third-order valence-corrected chi connectivity index (χ3v) is 6.87. The molecule has 2 aromatic rings. The molecule has 1 aromatic carbocycles. The van der Waals surface area contributed by atoms with Crippen LogP contribution in [0.25, 0.3) is 0 Å². The van der Waals surface area contributed by atoms with E-state index in [0.29, 0.717) is 16.7 Å². The van der Waals surface area contributed by atoms with E-state index in [1.807, 2.05) is 12.1 Å². The fourth-order valence-corrected chi connectivity index (χ4v) is 4.52. The highest BCUT2D eigenvalue weighted by atomic mass is 32.2. The zero-order valence-electron chi connectivity index (χ0n) is 17.6. The SMILES string of the molecule is COn1cccc(NC(=O)c2ccc(NSCCO)cc2N2CCC3(CC2)CC3)c1=O. The number of aliphatic hydroxyl groups excluding tert-OH is 1. The summed E-state index contributed by atoms with van der Waals surface area (Å²) >= 11 is 1.42. The lowest BCUT2D eigenvalue weighted by atomic mass is 9.93. The summed E-state index contributed by atoms with van der Waals surface area (Å²) in [4.78, 5) is 32.8. The quantitative estimate of drug-likeness (QED) is 0.425. The summed E-state index contributed by atoms with van der Waals surface area (Å²) in [5, 5.41) is 11.8. The molecule has 2 fully saturated rings. The highest BCUT2D eigenvalue weighted by molar-refractivity contribution is 8.00. The lowest BCUT2D eigenvalue weighted by molar-refractivity contribution is 0.102. The summed E-state index contributed by atoms with van der Waals surface area (Å²) in [6, 6.07) is 8.81. The molecule has 8 nitrogen and oxygen atoms in total. The van der Waals surface area contributed by atoms with Crippen LogP contribution in [0.15, 0.2) is 41.3 Å². The predicted octanol–water partition coefficient (Wildman–Crippen LogP) is 2.59. The van der Waals surface area contributed by atoms with Crippen molar-refractivity contribution in [1.29, 1.82) is 0 Å². The molecule has 0 radical (unpaired) electrons. The minimum Gasteiger partial charge on any atom is -0.414 e. The number of hydrogen-bond donors (Lipinski definition) is 3. The maximum atomic E-state index is 13.2. The predicted molar refractivity (Wildman–Crippen MR) is 124 cm³/mol. The van der Waals surface area contributed by atoms with Gasteiger partial charge in [-0.3, -0.25) is 9.59 Å². The molecule has 1 aromatic heterocycles. The van der Waals surface area contributed by atoms with Gasteiger partial charge in [0.2, 0.25) is 0 Å². The van der Waals surface area contributed by atoms with Gasteiger partial charge in [-0.1, -0.05) is 11.9 Å². The molecular formula is C22H28N4O4S. The second kappa shape index (κ2) is 9.23. The third kappa shape index (κ3) is 4.83. The first-order valence-electron chi connectivity index (χ1n) is 10.5. The summed E-state index contributed by atoms with van der Waals surface area (Å²) in [5.41, 5.74) is 2.52. The lowest BCUT2D eigenvalue weighted by Crippen LogP contribution is -2.36. The molecule has 4 rings (SSSR count). The summed E-state index contributed by atoms with van der Waals surface area (Å²) in [7, 11) is 1.40. The number of amides is 1. The van der Waals surface area contributed by atoms with Crippen LogP contribution >= 0.6 is 11.9 Å². The molecule has 0 atom stereocenters. The van der Waals surface area contributed by atoms with E-state index in [-0.39, 0.29) is 18.2 Å². The van der Waals surface area contributed by atoms with Gasteiger partial charge in [0, 0.05) is 30.7 Å². The molecule has 1 aliphatic carbocycles. The number of pyridine rings is 1. The molecule has 3 N–H and O–H groups in total. The van der Waals surface area contributed by atoms with Crippen molar-refractivity contribution >= 4 is 34.9 Å². The summed E-state index contributed by atoms with van der Waals surface area (Å²) in [6.45, 7) is 1.92. The van der Waals surface area contributed by atoms with Gasteiger partial charge < -0.3 is 24.9 Å². The van der Waals surface area contributed by atoms with Crippen molar-refractivity contribution in [3.63, 3.8) is 0 Å². The number of aliphatic hydroxyl groups is 1. The highest BCUT2D eigenvalue weighted by Gasteiger charge is 2.44. The van der Waals surface area contributed by atoms with Crippen LogP contribution in [0.1, 0.15) is 36.0 Å². The fourth-order valence-electron chi connectivity index (χ4n) is 4.03. The zero-order valence-corrected chi connectivity index (χ0v) is 18.4. The molecule has 166 valence electrons. The number of nitrogens with one attached hydrogen (secondary N) is 2. The molecule has 2 heterocycles. The summed E-state index contributed by atoms with van der Waals surface area (Å²) in [5.74, 6) is 0.242. The van der Waals surface area contributed by atoms with Crippen LogP contribution in [0.4, 0.5) is 17.1 Å². The maximum absolute atomic E-state index is 13.2. The number of anilines is 3. The Kier molecular flexibility index (Phi) is 6.43. The van der Waals surface area contributed by atoms with Gasteiger partial charge in [-0.25, -0.2) is 0 Å². The normalized spacial score (nSPS) is 16.8. The van der Waals surface area contributed by atoms with Gasteiger partial charge in [0.15, 0.2) is 0 Å². The molecule has 1 amide bonds. The van der Waals surface area contributed by atoms with Gasteiger partial charge in [-0.05, 0) is 61.4 Å². The average Bonchev–Trinajstić information content (AvgIpc) is 3.54. The van der Waals surface area contributed by atoms with Gasteiger partial charge in [0.1, 0.15) is 12.8 Å². The largest absolute Gasteiger partial charge is 0.414 e. The number of carbonyl (C=O) groups is 1. The van der Waals surface area contributed by atoms with E-state index in [0.717, 1.165) is 42.0 Å². The number of carbonyl (C=O) groups excluding carboxylic acids is 1. The number of nitrogens with zero attached hydrogens (tertiary/aromatic N) is 2. The molecule has 1 saturated heterocycles. The molecule has 2 aliphatic rings. The Bertz CT molecular complexity index is 995. The van der Waals surface area contributed by atoms with Gasteiger partial charge in [0.05, 0.1) is 17.9 Å². The molecule has 31 heavy (non-hydrogen) atoms. The second-order valence-electron chi connectivity index (χ2n) is 8.08. The summed E-state index contributed by atoms with van der Waals surface area (Å²) in [6.07, 6.45) is 6.40. The molecule has 1 saturated carbocycles. The Labute approximate surface area is 185 Å². The number of rotatable bonds is 8. The first kappa shape index (κ1) is 21.6. The van der Waals surface area contributed by atoms with Crippen molar-refractivity contribution < 1.29 is 14.7 Å². The van der Waals surface area contributed by atoms with Crippen LogP contribution < -0.4 is 25.3 Å². The minimum absolute atomic E-state index is 0.0926. The van der Waals surface area contributed by atoms with Gasteiger partial charge >= 0.3 is 5.56 Å². The van der Waals surface area contributed by atoms with Crippen molar-refractivity contribution in [3.8, 4) is 0 Å². The topological polar surface area (TPSA) is 95.8 Å². The summed E-state index contributed by atoms with van der Waals surface area (Å²) < 4.78 is 4.29. The van der Waals surface area contributed by atoms with Crippen LogP contribution in [-0.4, -0.2) is 48.3 Å². The lowest BCUT2D eigenvalue weighted by Gasteiger charge is -2.35. The standard InChI is InChI=1S/C22H28N4O4S/c1-30-26-10-2-3-18(21(26)29)23-20(28)17-5-4-16(24-31-14-13-27)15-19(17)25-11-8-22(6-7-22)9-12-25/h2-5,10,15,24,27H,6-9,11-14H2,1H3,(H,23,28). The maximum Gasteiger partial charge on any atom is 0.306 e. The second-order valence-corrected chi connectivity index (χ2v) is 8.98. The Balaban J connectivity index is 1.59. The van der Waals surface area contributed by atoms with E-state index in [4.69, 9.17) is 9.94 Å². The molecule has 0 unspecified atom stereocenters. The molecule has 9 heteroatoms. The highest BCUT2D eigenvalue weighted by Crippen LogP contribution is 2.54. The van der Waals surface area contributed by atoms with Crippen molar-refractivity contribution in [3.05, 3.63) is 52.4 Å².